The van der Waals surface area contributed by atoms with Gasteiger partial charge in [-0.2, -0.15) is 8.78 Å². The molecule has 0 bridgehead atoms. The molecule has 0 spiro atoms. The van der Waals surface area contributed by atoms with Crippen LogP contribution in [-0.2, 0) is 11.2 Å². The molecule has 0 heterocycles. The SMILES string of the molecule is O=C(CBr)Cc1ccc(OC(F)F)c(Br)c1. The lowest BCUT2D eigenvalue weighted by Gasteiger charge is -2.08. The van der Waals surface area contributed by atoms with Crippen LogP contribution < -0.4 is 4.74 Å². The first kappa shape index (κ1) is 13.6. The van der Waals surface area contributed by atoms with Crippen molar-refractivity contribution in [1.29, 1.82) is 0 Å². The summed E-state index contributed by atoms with van der Waals surface area (Å²) < 4.78 is 28.6. The minimum Gasteiger partial charge on any atom is -0.434 e. The number of benzene rings is 1. The lowest BCUT2D eigenvalue weighted by atomic mass is 10.1. The standard InChI is InChI=1S/C10H8Br2F2O2/c11-5-7(15)3-6-1-2-9(8(12)4-6)16-10(13)14/h1-2,4,10H,3,5H2. The highest BCUT2D eigenvalue weighted by molar-refractivity contribution is 9.10. The van der Waals surface area contributed by atoms with E-state index in [2.05, 4.69) is 36.6 Å². The van der Waals surface area contributed by atoms with Crippen LogP contribution in [0.3, 0.4) is 0 Å². The molecule has 0 amide bonds. The van der Waals surface area contributed by atoms with E-state index in [4.69, 9.17) is 0 Å². The molecule has 0 saturated heterocycles. The van der Waals surface area contributed by atoms with Crippen molar-refractivity contribution < 1.29 is 18.3 Å². The number of carbonyl (C=O) groups excluding carboxylic acids is 1. The van der Waals surface area contributed by atoms with Crippen LogP contribution in [0.15, 0.2) is 22.7 Å². The molecule has 1 rings (SSSR count). The Morgan fingerprint density at radius 2 is 2.12 bits per heavy atom. The van der Waals surface area contributed by atoms with Gasteiger partial charge in [0.15, 0.2) is 0 Å². The van der Waals surface area contributed by atoms with Crippen molar-refractivity contribution >= 4 is 37.6 Å². The molecule has 0 aliphatic carbocycles. The van der Waals surface area contributed by atoms with Gasteiger partial charge in [0.05, 0.1) is 9.80 Å². The molecule has 0 aromatic heterocycles. The zero-order chi connectivity index (χ0) is 12.1. The van der Waals surface area contributed by atoms with Gasteiger partial charge in [-0.05, 0) is 33.6 Å². The smallest absolute Gasteiger partial charge is 0.387 e. The van der Waals surface area contributed by atoms with Gasteiger partial charge in [-0.1, -0.05) is 22.0 Å². The van der Waals surface area contributed by atoms with E-state index in [-0.39, 0.29) is 23.3 Å². The average molecular weight is 358 g/mol. The Morgan fingerprint density at radius 1 is 1.44 bits per heavy atom. The van der Waals surface area contributed by atoms with Gasteiger partial charge in [-0.25, -0.2) is 0 Å². The third-order valence-electron chi connectivity index (χ3n) is 1.76. The Bertz CT molecular complexity index is 383. The third kappa shape index (κ3) is 4.17. The summed E-state index contributed by atoms with van der Waals surface area (Å²) in [4.78, 5) is 11.1. The van der Waals surface area contributed by atoms with Crippen LogP contribution in [0.2, 0.25) is 0 Å². The third-order valence-corrected chi connectivity index (χ3v) is 3.01. The van der Waals surface area contributed by atoms with Crippen LogP contribution in [0.1, 0.15) is 5.56 Å². The van der Waals surface area contributed by atoms with Gasteiger partial charge in [0.2, 0.25) is 0 Å². The molecule has 16 heavy (non-hydrogen) atoms. The number of halogens is 4. The minimum absolute atomic E-state index is 0.0226. The number of ether oxygens (including phenoxy) is 1. The molecular weight excluding hydrogens is 350 g/mol. The highest BCUT2D eigenvalue weighted by Gasteiger charge is 2.09. The van der Waals surface area contributed by atoms with Crippen LogP contribution in [0.5, 0.6) is 5.75 Å². The first-order chi connectivity index (χ1) is 7.52. The summed E-state index contributed by atoms with van der Waals surface area (Å²) in [6.07, 6.45) is 0.263. The van der Waals surface area contributed by atoms with Crippen molar-refractivity contribution in [3.05, 3.63) is 28.2 Å². The number of hydrogen-bond acceptors (Lipinski definition) is 2. The molecule has 0 saturated carbocycles. The van der Waals surface area contributed by atoms with Crippen molar-refractivity contribution in [2.75, 3.05) is 5.33 Å². The van der Waals surface area contributed by atoms with Crippen molar-refractivity contribution in [1.82, 2.24) is 0 Å². The summed E-state index contributed by atoms with van der Waals surface area (Å²) in [5, 5.41) is 0.278. The zero-order valence-corrected chi connectivity index (χ0v) is 11.2. The molecule has 0 unspecified atom stereocenters. The number of ketones is 1. The molecular formula is C10H8Br2F2O2. The highest BCUT2D eigenvalue weighted by atomic mass is 79.9. The lowest BCUT2D eigenvalue weighted by Crippen LogP contribution is -2.05. The summed E-state index contributed by atoms with van der Waals surface area (Å²) in [5.74, 6) is 0.0828. The monoisotopic (exact) mass is 356 g/mol. The molecule has 0 radical (unpaired) electrons. The normalized spacial score (nSPS) is 10.6. The second-order valence-electron chi connectivity index (χ2n) is 2.99. The minimum atomic E-state index is -2.86. The van der Waals surface area contributed by atoms with Crippen LogP contribution in [0.25, 0.3) is 0 Å². The maximum Gasteiger partial charge on any atom is 0.387 e. The fraction of sp³-hybridized carbons (Fsp3) is 0.300. The van der Waals surface area contributed by atoms with E-state index in [1.54, 1.807) is 12.1 Å². The predicted octanol–water partition coefficient (Wildman–Crippen LogP) is 3.56. The summed E-state index contributed by atoms with van der Waals surface area (Å²) in [5.41, 5.74) is 0.748. The summed E-state index contributed by atoms with van der Waals surface area (Å²) in [6, 6.07) is 4.59. The van der Waals surface area contributed by atoms with E-state index in [1.807, 2.05) is 0 Å². The van der Waals surface area contributed by atoms with Gasteiger partial charge in [0.25, 0.3) is 0 Å². The molecule has 0 fully saturated rings. The Balaban J connectivity index is 2.78. The van der Waals surface area contributed by atoms with Gasteiger partial charge >= 0.3 is 6.61 Å². The van der Waals surface area contributed by atoms with Gasteiger partial charge in [0, 0.05) is 6.42 Å². The number of rotatable bonds is 5. The van der Waals surface area contributed by atoms with E-state index in [0.29, 0.717) is 4.47 Å². The Morgan fingerprint density at radius 3 is 2.62 bits per heavy atom. The zero-order valence-electron chi connectivity index (χ0n) is 8.05. The number of carbonyl (C=O) groups is 1. The number of Topliss-reactive ketones (excluding diaryl/α,β-unsaturated/α-hetero) is 1. The van der Waals surface area contributed by atoms with E-state index in [1.165, 1.54) is 6.07 Å². The summed E-state index contributed by atoms with van der Waals surface area (Å²) in [6.45, 7) is -2.86. The lowest BCUT2D eigenvalue weighted by molar-refractivity contribution is -0.115. The molecule has 1 aromatic carbocycles. The molecule has 88 valence electrons. The van der Waals surface area contributed by atoms with Crippen molar-refractivity contribution in [3.8, 4) is 5.75 Å². The van der Waals surface area contributed by atoms with Gasteiger partial charge in [-0.3, -0.25) is 4.79 Å². The number of alkyl halides is 3. The second-order valence-corrected chi connectivity index (χ2v) is 4.41. The van der Waals surface area contributed by atoms with Crippen LogP contribution in [0, 0.1) is 0 Å². The Hall–Kier alpha value is -0.490. The molecule has 0 aliphatic rings. The van der Waals surface area contributed by atoms with E-state index >= 15 is 0 Å². The average Bonchev–Trinajstić information content (AvgIpc) is 2.21. The molecule has 1 aromatic rings. The van der Waals surface area contributed by atoms with Gasteiger partial charge in [0.1, 0.15) is 11.5 Å². The first-order valence-corrected chi connectivity index (χ1v) is 6.25. The second kappa shape index (κ2) is 6.30. The van der Waals surface area contributed by atoms with Gasteiger partial charge in [-0.15, -0.1) is 0 Å². The quantitative estimate of drug-likeness (QED) is 0.753. The van der Waals surface area contributed by atoms with Crippen LogP contribution in [-0.4, -0.2) is 17.7 Å². The maximum absolute atomic E-state index is 12.0. The van der Waals surface area contributed by atoms with Crippen LogP contribution in [0.4, 0.5) is 8.78 Å². The Kier molecular flexibility index (Phi) is 5.34. The molecule has 2 nitrogen and oxygen atoms in total. The predicted molar refractivity (Wildman–Crippen MR) is 63.3 cm³/mol. The Labute approximate surface area is 108 Å². The highest BCUT2D eigenvalue weighted by Crippen LogP contribution is 2.27. The molecule has 0 aliphatic heterocycles. The number of hydrogen-bond donors (Lipinski definition) is 0. The first-order valence-electron chi connectivity index (χ1n) is 4.34. The van der Waals surface area contributed by atoms with E-state index < -0.39 is 6.61 Å². The summed E-state index contributed by atoms with van der Waals surface area (Å²) in [7, 11) is 0. The summed E-state index contributed by atoms with van der Waals surface area (Å²) >= 11 is 6.16. The maximum atomic E-state index is 12.0. The van der Waals surface area contributed by atoms with Crippen molar-refractivity contribution in [2.45, 2.75) is 13.0 Å². The molecule has 6 heteroatoms. The van der Waals surface area contributed by atoms with E-state index in [0.717, 1.165) is 5.56 Å². The fourth-order valence-electron chi connectivity index (χ4n) is 1.12. The van der Waals surface area contributed by atoms with Crippen molar-refractivity contribution in [2.24, 2.45) is 0 Å². The van der Waals surface area contributed by atoms with E-state index in [9.17, 15) is 13.6 Å². The topological polar surface area (TPSA) is 26.3 Å². The van der Waals surface area contributed by atoms with Crippen molar-refractivity contribution in [3.63, 3.8) is 0 Å². The fourth-order valence-corrected chi connectivity index (χ4v) is 1.84. The van der Waals surface area contributed by atoms with Crippen LogP contribution >= 0.6 is 31.9 Å². The molecule has 0 N–H and O–H groups in total. The largest absolute Gasteiger partial charge is 0.434 e. The van der Waals surface area contributed by atoms with Gasteiger partial charge < -0.3 is 4.74 Å². The molecule has 0 atom stereocenters.